The minimum atomic E-state index is -4.47. The smallest absolute Gasteiger partial charge is 0.416 e. The number of hydrogen-bond donors (Lipinski definition) is 2. The molecule has 8 nitrogen and oxygen atoms in total. The van der Waals surface area contributed by atoms with Gasteiger partial charge in [-0.05, 0) is 73.0 Å². The van der Waals surface area contributed by atoms with Crippen LogP contribution in [0.25, 0.3) is 0 Å². The third-order valence-corrected chi connectivity index (χ3v) is 6.61. The molecule has 0 bridgehead atoms. The minimum Gasteiger partial charge on any atom is -0.460 e. The highest BCUT2D eigenvalue weighted by atomic mass is 19.4. The third kappa shape index (κ3) is 8.39. The number of aliphatic hydroxyl groups is 1. The van der Waals surface area contributed by atoms with Crippen molar-refractivity contribution in [2.75, 3.05) is 30.5 Å². The highest BCUT2D eigenvalue weighted by Crippen LogP contribution is 2.31. The second kappa shape index (κ2) is 13.5. The van der Waals surface area contributed by atoms with Gasteiger partial charge in [0.15, 0.2) is 0 Å². The molecule has 2 N–H and O–H groups in total. The number of ketones is 1. The first kappa shape index (κ1) is 31.2. The van der Waals surface area contributed by atoms with Crippen molar-refractivity contribution in [3.05, 3.63) is 106 Å². The summed E-state index contributed by atoms with van der Waals surface area (Å²) in [5, 5.41) is 12.0. The molecule has 4 rings (SSSR count). The van der Waals surface area contributed by atoms with Crippen LogP contribution in [0.5, 0.6) is 0 Å². The van der Waals surface area contributed by atoms with Gasteiger partial charge in [0.25, 0.3) is 0 Å². The van der Waals surface area contributed by atoms with E-state index in [1.54, 1.807) is 62.5 Å². The van der Waals surface area contributed by atoms with Crippen molar-refractivity contribution in [1.82, 2.24) is 9.97 Å². The second-order valence-corrected chi connectivity index (χ2v) is 10.1. The van der Waals surface area contributed by atoms with Crippen LogP contribution in [-0.2, 0) is 28.5 Å². The van der Waals surface area contributed by atoms with Crippen LogP contribution in [0.1, 0.15) is 38.2 Å². The molecule has 0 unspecified atom stereocenters. The Morgan fingerprint density at radius 1 is 0.953 bits per heavy atom. The number of Topliss-reactive ketones (excluding diaryl/α,β-unsaturated/α-hetero) is 1. The topological polar surface area (TPSA) is 105 Å². The number of alkyl halides is 3. The third-order valence-electron chi connectivity index (χ3n) is 6.61. The summed E-state index contributed by atoms with van der Waals surface area (Å²) in [6, 6.07) is 17.9. The number of nitrogens with one attached hydrogen (secondary N) is 1. The molecule has 0 aliphatic heterocycles. The lowest BCUT2D eigenvalue weighted by Gasteiger charge is -2.19. The summed E-state index contributed by atoms with van der Waals surface area (Å²) in [5.41, 5.74) is 3.22. The Morgan fingerprint density at radius 2 is 1.67 bits per heavy atom. The van der Waals surface area contributed by atoms with Gasteiger partial charge < -0.3 is 20.1 Å². The highest BCUT2D eigenvalue weighted by molar-refractivity contribution is 5.92. The van der Waals surface area contributed by atoms with Gasteiger partial charge in [-0.3, -0.25) is 4.79 Å². The quantitative estimate of drug-likeness (QED) is 0.201. The highest BCUT2D eigenvalue weighted by Gasteiger charge is 2.31. The summed E-state index contributed by atoms with van der Waals surface area (Å²) in [5.74, 6) is 0.152. The van der Waals surface area contributed by atoms with E-state index in [0.717, 1.165) is 28.9 Å². The van der Waals surface area contributed by atoms with Gasteiger partial charge in [0.2, 0.25) is 5.95 Å². The maximum atomic E-state index is 13.1. The van der Waals surface area contributed by atoms with Crippen LogP contribution >= 0.6 is 0 Å². The fraction of sp³-hybridized carbons (Fsp3) is 0.250. The zero-order valence-corrected chi connectivity index (χ0v) is 23.9. The summed E-state index contributed by atoms with van der Waals surface area (Å²) in [6.07, 6.45) is -2.87. The van der Waals surface area contributed by atoms with Gasteiger partial charge in [-0.15, -0.1) is 0 Å². The zero-order chi connectivity index (χ0) is 31.1. The Labute approximate surface area is 247 Å². The van der Waals surface area contributed by atoms with Crippen molar-refractivity contribution < 1.29 is 32.6 Å². The number of rotatable bonds is 11. The van der Waals surface area contributed by atoms with E-state index in [0.29, 0.717) is 34.1 Å². The van der Waals surface area contributed by atoms with E-state index >= 15 is 0 Å². The van der Waals surface area contributed by atoms with E-state index in [1.165, 1.54) is 0 Å². The summed E-state index contributed by atoms with van der Waals surface area (Å²) in [4.78, 5) is 35.6. The molecule has 1 aromatic heterocycles. The summed E-state index contributed by atoms with van der Waals surface area (Å²) in [6.45, 7) is 3.00. The van der Waals surface area contributed by atoms with Crippen molar-refractivity contribution >= 4 is 34.9 Å². The molecule has 0 amide bonds. The summed E-state index contributed by atoms with van der Waals surface area (Å²) >= 11 is 0. The number of ether oxygens (including phenoxy) is 1. The van der Waals surface area contributed by atoms with Crippen LogP contribution in [0.4, 0.5) is 36.3 Å². The van der Waals surface area contributed by atoms with Crippen LogP contribution in [0.2, 0.25) is 0 Å². The fourth-order valence-electron chi connectivity index (χ4n) is 4.48. The number of halogens is 3. The van der Waals surface area contributed by atoms with Gasteiger partial charge in [-0.25, -0.2) is 9.78 Å². The average Bonchev–Trinajstić information content (AvgIpc) is 2.96. The normalized spacial score (nSPS) is 11.2. The van der Waals surface area contributed by atoms with E-state index in [-0.39, 0.29) is 31.8 Å². The van der Waals surface area contributed by atoms with Gasteiger partial charge in [0.1, 0.15) is 18.2 Å². The Bertz CT molecular complexity index is 1610. The van der Waals surface area contributed by atoms with E-state index in [1.807, 2.05) is 24.1 Å². The molecule has 0 aliphatic carbocycles. The molecule has 0 fully saturated rings. The predicted molar refractivity (Wildman–Crippen MR) is 157 cm³/mol. The molecule has 224 valence electrons. The number of aromatic nitrogens is 2. The molecule has 3 aromatic carbocycles. The number of carbonyl (C=O) groups excluding carboxylic acids is 2. The van der Waals surface area contributed by atoms with Crippen molar-refractivity contribution in [3.63, 3.8) is 0 Å². The number of nitrogens with zero attached hydrogens (tertiary/aromatic N) is 3. The number of esters is 1. The van der Waals surface area contributed by atoms with E-state index < -0.39 is 17.7 Å². The molecule has 11 heteroatoms. The maximum absolute atomic E-state index is 13.1. The van der Waals surface area contributed by atoms with Crippen LogP contribution in [0.3, 0.4) is 0 Å². The predicted octanol–water partition coefficient (Wildman–Crippen LogP) is 6.13. The Hall–Kier alpha value is -4.77. The first-order chi connectivity index (χ1) is 20.4. The molecule has 4 aromatic rings. The minimum absolute atomic E-state index is 0.0879. The first-order valence-corrected chi connectivity index (χ1v) is 13.4. The molecule has 0 atom stereocenters. The van der Waals surface area contributed by atoms with E-state index in [4.69, 9.17) is 9.84 Å². The lowest BCUT2D eigenvalue weighted by molar-refractivity contribution is -0.137. The molecule has 0 spiro atoms. The standard InChI is InChI=1S/C32H31F3N4O4/c1-20-14-23(16-24(15-20)32(33,34)35)18-27(41)17-22-5-8-26(9-6-22)39(3)29-10-11-36-31(38-29)37-25-7-4-21(2)28(19-25)30(42)43-13-12-40/h4-11,14-16,19,40H,12-13,17-18H2,1-3H3,(H,36,37,38). The lowest BCUT2D eigenvalue weighted by Crippen LogP contribution is -2.13. The van der Waals surface area contributed by atoms with Crippen LogP contribution in [-0.4, -0.2) is 47.1 Å². The van der Waals surface area contributed by atoms with Crippen LogP contribution < -0.4 is 10.2 Å². The van der Waals surface area contributed by atoms with Gasteiger partial charge in [0.05, 0.1) is 17.7 Å². The first-order valence-electron chi connectivity index (χ1n) is 13.4. The molecule has 0 radical (unpaired) electrons. The van der Waals surface area contributed by atoms with Crippen molar-refractivity contribution in [2.24, 2.45) is 0 Å². The van der Waals surface area contributed by atoms with Gasteiger partial charge >= 0.3 is 12.1 Å². The molecular weight excluding hydrogens is 561 g/mol. The van der Waals surface area contributed by atoms with Crippen molar-refractivity contribution in [3.8, 4) is 0 Å². The number of hydrogen-bond acceptors (Lipinski definition) is 8. The van der Waals surface area contributed by atoms with Gasteiger partial charge in [-0.1, -0.05) is 29.8 Å². The average molecular weight is 593 g/mol. The molecular formula is C32H31F3N4O4. The molecule has 1 heterocycles. The Kier molecular flexibility index (Phi) is 9.77. The molecule has 0 saturated carbocycles. The van der Waals surface area contributed by atoms with E-state index in [2.05, 4.69) is 15.3 Å². The fourth-order valence-corrected chi connectivity index (χ4v) is 4.48. The number of benzene rings is 3. The number of carbonyl (C=O) groups is 2. The molecule has 43 heavy (non-hydrogen) atoms. The van der Waals surface area contributed by atoms with Gasteiger partial charge in [-0.2, -0.15) is 18.2 Å². The van der Waals surface area contributed by atoms with Crippen LogP contribution in [0, 0.1) is 13.8 Å². The largest absolute Gasteiger partial charge is 0.460 e. The number of aliphatic hydroxyl groups excluding tert-OH is 1. The zero-order valence-electron chi connectivity index (χ0n) is 23.9. The second-order valence-electron chi connectivity index (χ2n) is 10.1. The summed E-state index contributed by atoms with van der Waals surface area (Å²) < 4.78 is 44.5. The monoisotopic (exact) mass is 592 g/mol. The van der Waals surface area contributed by atoms with Gasteiger partial charge in [0, 0.05) is 37.5 Å². The Balaban J connectivity index is 1.41. The lowest BCUT2D eigenvalue weighted by atomic mass is 9.99. The Morgan fingerprint density at radius 3 is 2.37 bits per heavy atom. The number of aryl methyl sites for hydroxylation is 2. The number of anilines is 4. The van der Waals surface area contributed by atoms with Crippen molar-refractivity contribution in [2.45, 2.75) is 32.9 Å². The molecule has 0 aliphatic rings. The summed E-state index contributed by atoms with van der Waals surface area (Å²) in [7, 11) is 1.82. The van der Waals surface area contributed by atoms with Crippen molar-refractivity contribution in [1.29, 1.82) is 0 Å². The van der Waals surface area contributed by atoms with Crippen LogP contribution in [0.15, 0.2) is 72.9 Å². The SMILES string of the molecule is Cc1cc(CC(=O)Cc2ccc(N(C)c3ccnc(Nc4ccc(C)c(C(=O)OCCO)c4)n3)cc2)cc(C(F)(F)F)c1. The van der Waals surface area contributed by atoms with E-state index in [9.17, 15) is 22.8 Å². The molecule has 0 saturated heterocycles. The maximum Gasteiger partial charge on any atom is 0.416 e.